The first kappa shape index (κ1) is 17.7. The fourth-order valence-electron chi connectivity index (χ4n) is 2.35. The molecule has 1 atom stereocenters. The molecular weight excluding hydrogens is 274 g/mol. The van der Waals surface area contributed by atoms with Crippen LogP contribution < -0.4 is 0 Å². The van der Waals surface area contributed by atoms with Crippen molar-refractivity contribution in [2.45, 2.75) is 25.8 Å². The van der Waals surface area contributed by atoms with E-state index in [1.807, 2.05) is 25.9 Å². The molecule has 1 rings (SSSR count). The fourth-order valence-corrected chi connectivity index (χ4v) is 2.35. The molecule has 1 aliphatic rings. The minimum absolute atomic E-state index is 0.0701. The van der Waals surface area contributed by atoms with Gasteiger partial charge in [-0.05, 0) is 20.5 Å². The van der Waals surface area contributed by atoms with Gasteiger partial charge in [-0.15, -0.1) is 0 Å². The van der Waals surface area contributed by atoms with Crippen LogP contribution in [0.3, 0.4) is 0 Å². The largest absolute Gasteiger partial charge is 0.481 e. The van der Waals surface area contributed by atoms with E-state index in [0.717, 1.165) is 13.0 Å². The normalized spacial score (nSPS) is 18.9. The van der Waals surface area contributed by atoms with Crippen LogP contribution in [0, 0.1) is 0 Å². The van der Waals surface area contributed by atoms with Crippen molar-refractivity contribution in [2.24, 2.45) is 0 Å². The number of nitrogens with zero attached hydrogens (tertiary/aromatic N) is 3. The van der Waals surface area contributed by atoms with Gasteiger partial charge in [-0.25, -0.2) is 4.79 Å². The summed E-state index contributed by atoms with van der Waals surface area (Å²) in [6.45, 7) is 5.38. The number of rotatable bonds is 7. The fraction of sp³-hybridized carbons (Fsp3) is 0.857. The Kier molecular flexibility index (Phi) is 7.45. The Hall–Kier alpha value is -1.34. The average Bonchev–Trinajstić information content (AvgIpc) is 2.42. The van der Waals surface area contributed by atoms with E-state index in [2.05, 4.69) is 0 Å². The van der Waals surface area contributed by atoms with Crippen LogP contribution >= 0.6 is 0 Å². The first-order chi connectivity index (χ1) is 9.95. The van der Waals surface area contributed by atoms with Gasteiger partial charge in [0.15, 0.2) is 0 Å². The summed E-state index contributed by atoms with van der Waals surface area (Å²) in [6, 6.07) is -0.448. The number of hydrogen-bond donors (Lipinski definition) is 1. The smallest absolute Gasteiger partial charge is 0.320 e. The minimum atomic E-state index is -0.904. The van der Waals surface area contributed by atoms with Crippen LogP contribution in [0.1, 0.15) is 19.8 Å². The molecule has 21 heavy (non-hydrogen) atoms. The van der Waals surface area contributed by atoms with Gasteiger partial charge in [-0.3, -0.25) is 4.79 Å². The molecule has 0 bridgehead atoms. The molecule has 1 heterocycles. The van der Waals surface area contributed by atoms with Gasteiger partial charge in [-0.1, -0.05) is 6.92 Å². The number of carboxylic acid groups (broad SMARTS) is 1. The van der Waals surface area contributed by atoms with Crippen LogP contribution in [0.4, 0.5) is 4.79 Å². The molecule has 122 valence electrons. The quantitative estimate of drug-likeness (QED) is 0.743. The van der Waals surface area contributed by atoms with Gasteiger partial charge in [0.1, 0.15) is 0 Å². The maximum absolute atomic E-state index is 12.7. The first-order valence-corrected chi connectivity index (χ1v) is 7.45. The van der Waals surface area contributed by atoms with E-state index in [1.54, 1.807) is 9.80 Å². The standard InChI is InChI=1S/C14H27N3O4/c1-4-5-16(7-6-15(2)3)14(20)17-8-9-21-11-12(17)10-13(18)19/h12H,4-11H2,1-3H3,(H,18,19). The third-order valence-electron chi connectivity index (χ3n) is 3.46. The van der Waals surface area contributed by atoms with Crippen molar-refractivity contribution in [1.82, 2.24) is 14.7 Å². The van der Waals surface area contributed by atoms with Gasteiger partial charge in [-0.2, -0.15) is 0 Å². The van der Waals surface area contributed by atoms with Crippen molar-refractivity contribution in [3.8, 4) is 0 Å². The molecule has 1 aliphatic heterocycles. The van der Waals surface area contributed by atoms with Crippen LogP contribution in [-0.4, -0.2) is 91.3 Å². The SMILES string of the molecule is CCCN(CCN(C)C)C(=O)N1CCOCC1CC(=O)O. The number of carbonyl (C=O) groups is 2. The maximum atomic E-state index is 12.7. The van der Waals surface area contributed by atoms with E-state index in [9.17, 15) is 9.59 Å². The second kappa shape index (κ2) is 8.84. The van der Waals surface area contributed by atoms with E-state index < -0.39 is 5.97 Å². The van der Waals surface area contributed by atoms with Gasteiger partial charge < -0.3 is 24.5 Å². The Morgan fingerprint density at radius 3 is 2.57 bits per heavy atom. The number of aliphatic carboxylic acids is 1. The molecule has 1 N–H and O–H groups in total. The summed E-state index contributed by atoms with van der Waals surface area (Å²) >= 11 is 0. The Labute approximate surface area is 126 Å². The van der Waals surface area contributed by atoms with Gasteiger partial charge >= 0.3 is 12.0 Å². The lowest BCUT2D eigenvalue weighted by atomic mass is 10.1. The summed E-state index contributed by atoms with van der Waals surface area (Å²) in [6.07, 6.45) is 0.812. The van der Waals surface area contributed by atoms with E-state index in [4.69, 9.17) is 9.84 Å². The Morgan fingerprint density at radius 2 is 2.00 bits per heavy atom. The molecular formula is C14H27N3O4. The number of carbonyl (C=O) groups excluding carboxylic acids is 1. The Bertz CT molecular complexity index is 349. The molecule has 7 nitrogen and oxygen atoms in total. The van der Waals surface area contributed by atoms with Crippen molar-refractivity contribution in [3.05, 3.63) is 0 Å². The number of hydrogen-bond acceptors (Lipinski definition) is 4. The maximum Gasteiger partial charge on any atom is 0.320 e. The molecule has 1 saturated heterocycles. The number of carboxylic acids is 1. The molecule has 0 aromatic carbocycles. The zero-order chi connectivity index (χ0) is 15.8. The predicted octanol–water partition coefficient (Wildman–Crippen LogP) is 0.556. The number of likely N-dealkylation sites (N-methyl/N-ethyl adjacent to an activating group) is 1. The van der Waals surface area contributed by atoms with Crippen LogP contribution in [0.25, 0.3) is 0 Å². The van der Waals surface area contributed by atoms with Crippen molar-refractivity contribution in [3.63, 3.8) is 0 Å². The van der Waals surface area contributed by atoms with E-state index in [-0.39, 0.29) is 18.5 Å². The van der Waals surface area contributed by atoms with Gasteiger partial charge in [0.2, 0.25) is 0 Å². The lowest BCUT2D eigenvalue weighted by Crippen LogP contribution is -2.55. The lowest BCUT2D eigenvalue weighted by Gasteiger charge is -2.38. The highest BCUT2D eigenvalue weighted by molar-refractivity contribution is 5.76. The molecule has 1 unspecified atom stereocenters. The molecule has 0 spiro atoms. The number of ether oxygens (including phenoxy) is 1. The highest BCUT2D eigenvalue weighted by Crippen LogP contribution is 2.14. The van der Waals surface area contributed by atoms with Crippen LogP contribution in [-0.2, 0) is 9.53 Å². The second-order valence-corrected chi connectivity index (χ2v) is 5.59. The van der Waals surface area contributed by atoms with E-state index in [0.29, 0.717) is 32.8 Å². The topological polar surface area (TPSA) is 73.3 Å². The van der Waals surface area contributed by atoms with Gasteiger partial charge in [0, 0.05) is 26.2 Å². The predicted molar refractivity (Wildman–Crippen MR) is 79.4 cm³/mol. The Balaban J connectivity index is 2.71. The molecule has 0 aromatic heterocycles. The van der Waals surface area contributed by atoms with Crippen LogP contribution in [0.2, 0.25) is 0 Å². The third-order valence-corrected chi connectivity index (χ3v) is 3.46. The summed E-state index contributed by atoms with van der Waals surface area (Å²) in [4.78, 5) is 29.1. The highest BCUT2D eigenvalue weighted by atomic mass is 16.5. The molecule has 7 heteroatoms. The van der Waals surface area contributed by atoms with Crippen molar-refractivity contribution >= 4 is 12.0 Å². The highest BCUT2D eigenvalue weighted by Gasteiger charge is 2.31. The van der Waals surface area contributed by atoms with Crippen molar-refractivity contribution in [1.29, 1.82) is 0 Å². The van der Waals surface area contributed by atoms with E-state index in [1.165, 1.54) is 0 Å². The lowest BCUT2D eigenvalue weighted by molar-refractivity contribution is -0.139. The zero-order valence-electron chi connectivity index (χ0n) is 13.2. The molecule has 2 amide bonds. The Morgan fingerprint density at radius 1 is 1.29 bits per heavy atom. The first-order valence-electron chi connectivity index (χ1n) is 7.45. The zero-order valence-corrected chi connectivity index (χ0v) is 13.2. The second-order valence-electron chi connectivity index (χ2n) is 5.59. The van der Waals surface area contributed by atoms with E-state index >= 15 is 0 Å². The summed E-state index contributed by atoms with van der Waals surface area (Å²) in [5, 5.41) is 8.97. The number of amides is 2. The van der Waals surface area contributed by atoms with Gasteiger partial charge in [0.25, 0.3) is 0 Å². The molecule has 0 radical (unpaired) electrons. The molecule has 0 aliphatic carbocycles. The summed E-state index contributed by atoms with van der Waals surface area (Å²) in [5.74, 6) is -0.904. The summed E-state index contributed by atoms with van der Waals surface area (Å²) in [7, 11) is 3.94. The summed E-state index contributed by atoms with van der Waals surface area (Å²) < 4.78 is 5.32. The van der Waals surface area contributed by atoms with Crippen molar-refractivity contribution < 1.29 is 19.4 Å². The third kappa shape index (κ3) is 5.89. The van der Waals surface area contributed by atoms with Gasteiger partial charge in [0.05, 0.1) is 25.7 Å². The molecule has 0 saturated carbocycles. The number of morpholine rings is 1. The monoisotopic (exact) mass is 301 g/mol. The number of urea groups is 1. The molecule has 0 aromatic rings. The van der Waals surface area contributed by atoms with Crippen LogP contribution in [0.5, 0.6) is 0 Å². The van der Waals surface area contributed by atoms with Crippen molar-refractivity contribution in [2.75, 3.05) is 53.5 Å². The molecule has 1 fully saturated rings. The van der Waals surface area contributed by atoms with Crippen LogP contribution in [0.15, 0.2) is 0 Å². The minimum Gasteiger partial charge on any atom is -0.481 e. The summed E-state index contributed by atoms with van der Waals surface area (Å²) in [5.41, 5.74) is 0. The average molecular weight is 301 g/mol.